The van der Waals surface area contributed by atoms with Crippen molar-refractivity contribution in [2.45, 2.75) is 13.8 Å². The molecule has 4 heterocycles. The molecular weight excluding hydrogens is 334 g/mol. The van der Waals surface area contributed by atoms with Gasteiger partial charge in [-0.25, -0.2) is 15.0 Å². The summed E-state index contributed by atoms with van der Waals surface area (Å²) < 4.78 is 0. The van der Waals surface area contributed by atoms with Crippen molar-refractivity contribution in [2.24, 2.45) is 0 Å². The molecule has 0 spiro atoms. The smallest absolute Gasteiger partial charge is 0.137 e. The molecule has 5 rings (SSSR count). The molecule has 1 aromatic carbocycles. The van der Waals surface area contributed by atoms with Gasteiger partial charge in [-0.05, 0) is 49.2 Å². The van der Waals surface area contributed by atoms with Crippen LogP contribution in [0.5, 0.6) is 0 Å². The summed E-state index contributed by atoms with van der Waals surface area (Å²) in [5, 5.41) is 2.11. The minimum Gasteiger partial charge on any atom is -0.346 e. The van der Waals surface area contributed by atoms with Gasteiger partial charge in [-0.3, -0.25) is 4.98 Å². The van der Waals surface area contributed by atoms with E-state index >= 15 is 0 Å². The van der Waals surface area contributed by atoms with E-state index < -0.39 is 0 Å². The van der Waals surface area contributed by atoms with E-state index in [4.69, 9.17) is 0 Å². The van der Waals surface area contributed by atoms with E-state index in [2.05, 4.69) is 50.0 Å². The van der Waals surface area contributed by atoms with Crippen molar-refractivity contribution in [2.75, 3.05) is 0 Å². The first kappa shape index (κ1) is 15.6. The minimum absolute atomic E-state index is 0.873. The second-order valence-electron chi connectivity index (χ2n) is 6.71. The molecule has 27 heavy (non-hydrogen) atoms. The highest BCUT2D eigenvalue weighted by molar-refractivity contribution is 5.98. The number of nitrogens with one attached hydrogen (secondary N) is 1. The SMILES string of the molecule is Cc1ccnc(C)c1-c1cnc2[nH]cc(-c3ccc4ncncc4c3)c2c1. The third-order valence-corrected chi connectivity index (χ3v) is 4.98. The molecule has 0 aliphatic carbocycles. The maximum atomic E-state index is 4.64. The molecule has 0 aliphatic rings. The number of H-pyrrole nitrogens is 1. The third kappa shape index (κ3) is 2.56. The topological polar surface area (TPSA) is 67.3 Å². The number of hydrogen-bond acceptors (Lipinski definition) is 4. The summed E-state index contributed by atoms with van der Waals surface area (Å²) in [6, 6.07) is 10.5. The number of aryl methyl sites for hydroxylation is 2. The van der Waals surface area contributed by atoms with E-state index in [1.54, 1.807) is 6.33 Å². The van der Waals surface area contributed by atoms with E-state index in [0.29, 0.717) is 0 Å². The summed E-state index contributed by atoms with van der Waals surface area (Å²) in [6.07, 6.45) is 9.18. The van der Waals surface area contributed by atoms with Gasteiger partial charge in [0.1, 0.15) is 12.0 Å². The van der Waals surface area contributed by atoms with Crippen LogP contribution in [0.15, 0.2) is 61.4 Å². The van der Waals surface area contributed by atoms with Gasteiger partial charge in [-0.1, -0.05) is 6.07 Å². The third-order valence-electron chi connectivity index (χ3n) is 4.98. The Morgan fingerprint density at radius 2 is 1.81 bits per heavy atom. The maximum absolute atomic E-state index is 4.64. The summed E-state index contributed by atoms with van der Waals surface area (Å²) in [7, 11) is 0. The molecule has 0 amide bonds. The molecule has 0 bridgehead atoms. The molecule has 0 unspecified atom stereocenters. The number of nitrogens with zero attached hydrogens (tertiary/aromatic N) is 4. The van der Waals surface area contributed by atoms with E-state index in [1.165, 1.54) is 5.56 Å². The largest absolute Gasteiger partial charge is 0.346 e. The molecule has 0 saturated carbocycles. The molecule has 0 fully saturated rings. The molecule has 5 aromatic rings. The minimum atomic E-state index is 0.873. The molecule has 130 valence electrons. The van der Waals surface area contributed by atoms with E-state index in [9.17, 15) is 0 Å². The van der Waals surface area contributed by atoms with Gasteiger partial charge in [-0.2, -0.15) is 0 Å². The van der Waals surface area contributed by atoms with E-state index in [0.717, 1.165) is 49.9 Å². The van der Waals surface area contributed by atoms with Crippen LogP contribution in [-0.4, -0.2) is 24.9 Å². The summed E-state index contributed by atoms with van der Waals surface area (Å²) in [5.74, 6) is 0. The van der Waals surface area contributed by atoms with Crippen molar-refractivity contribution >= 4 is 21.9 Å². The summed E-state index contributed by atoms with van der Waals surface area (Å²) in [4.78, 5) is 20.8. The highest BCUT2D eigenvalue weighted by Gasteiger charge is 2.12. The zero-order chi connectivity index (χ0) is 18.4. The molecule has 0 atom stereocenters. The lowest BCUT2D eigenvalue weighted by Crippen LogP contribution is -1.92. The van der Waals surface area contributed by atoms with Crippen molar-refractivity contribution in [3.63, 3.8) is 0 Å². The van der Waals surface area contributed by atoms with Gasteiger partial charge in [0.05, 0.1) is 5.52 Å². The molecule has 5 nitrogen and oxygen atoms in total. The molecule has 0 radical (unpaired) electrons. The van der Waals surface area contributed by atoms with Gasteiger partial charge in [0, 0.05) is 57.9 Å². The lowest BCUT2D eigenvalue weighted by atomic mass is 9.98. The first-order valence-corrected chi connectivity index (χ1v) is 8.80. The quantitative estimate of drug-likeness (QED) is 0.493. The second-order valence-corrected chi connectivity index (χ2v) is 6.71. The second kappa shape index (κ2) is 5.99. The molecule has 5 heteroatoms. The summed E-state index contributed by atoms with van der Waals surface area (Å²) in [6.45, 7) is 4.14. The number of benzene rings is 1. The Hall–Kier alpha value is -3.60. The van der Waals surface area contributed by atoms with Crippen LogP contribution in [0, 0.1) is 13.8 Å². The van der Waals surface area contributed by atoms with Gasteiger partial charge in [-0.15, -0.1) is 0 Å². The van der Waals surface area contributed by atoms with Crippen molar-refractivity contribution in [1.29, 1.82) is 0 Å². The van der Waals surface area contributed by atoms with Crippen LogP contribution >= 0.6 is 0 Å². The maximum Gasteiger partial charge on any atom is 0.137 e. The van der Waals surface area contributed by atoms with Gasteiger partial charge < -0.3 is 4.98 Å². The van der Waals surface area contributed by atoms with Crippen LogP contribution in [0.25, 0.3) is 44.2 Å². The summed E-state index contributed by atoms with van der Waals surface area (Å²) >= 11 is 0. The lowest BCUT2D eigenvalue weighted by molar-refractivity contribution is 1.18. The van der Waals surface area contributed by atoms with Gasteiger partial charge >= 0.3 is 0 Å². The average molecular weight is 351 g/mol. The molecule has 0 aliphatic heterocycles. The molecule has 0 saturated heterocycles. The Balaban J connectivity index is 1.71. The van der Waals surface area contributed by atoms with Crippen LogP contribution < -0.4 is 0 Å². The summed E-state index contributed by atoms with van der Waals surface area (Å²) in [5.41, 5.74) is 8.47. The lowest BCUT2D eigenvalue weighted by Gasteiger charge is -2.09. The predicted octanol–water partition coefficient (Wildman–Crippen LogP) is 4.85. The number of hydrogen-bond donors (Lipinski definition) is 1. The van der Waals surface area contributed by atoms with E-state index in [1.807, 2.05) is 43.8 Å². The van der Waals surface area contributed by atoms with Crippen LogP contribution in [-0.2, 0) is 0 Å². The number of fused-ring (bicyclic) bond motifs is 2. The van der Waals surface area contributed by atoms with Crippen molar-refractivity contribution in [3.8, 4) is 22.3 Å². The van der Waals surface area contributed by atoms with Crippen LogP contribution in [0.3, 0.4) is 0 Å². The van der Waals surface area contributed by atoms with Crippen LogP contribution in [0.2, 0.25) is 0 Å². The molecule has 1 N–H and O–H groups in total. The van der Waals surface area contributed by atoms with Crippen LogP contribution in [0.4, 0.5) is 0 Å². The van der Waals surface area contributed by atoms with Crippen molar-refractivity contribution < 1.29 is 0 Å². The standard InChI is InChI=1S/C22H17N5/c1-13-5-6-24-14(2)21(13)17-8-18-19(11-26-22(18)25-10-17)15-3-4-20-16(7-15)9-23-12-27-20/h3-12H,1-2H3,(H,25,26). The monoisotopic (exact) mass is 351 g/mol. The van der Waals surface area contributed by atoms with Gasteiger partial charge in [0.25, 0.3) is 0 Å². The van der Waals surface area contributed by atoms with Crippen LogP contribution in [0.1, 0.15) is 11.3 Å². The fourth-order valence-electron chi connectivity index (χ4n) is 3.66. The fourth-order valence-corrected chi connectivity index (χ4v) is 3.66. The zero-order valence-electron chi connectivity index (χ0n) is 15.1. The molecule has 4 aromatic heterocycles. The number of aromatic nitrogens is 5. The Bertz CT molecular complexity index is 1280. The number of pyridine rings is 2. The normalized spacial score (nSPS) is 11.3. The fraction of sp³-hybridized carbons (Fsp3) is 0.0909. The first-order chi connectivity index (χ1) is 13.2. The number of rotatable bonds is 2. The average Bonchev–Trinajstić information content (AvgIpc) is 3.11. The number of aromatic amines is 1. The predicted molar refractivity (Wildman–Crippen MR) is 107 cm³/mol. The Kier molecular flexibility index (Phi) is 3.47. The van der Waals surface area contributed by atoms with Crippen molar-refractivity contribution in [3.05, 3.63) is 72.7 Å². The Morgan fingerprint density at radius 1 is 0.889 bits per heavy atom. The molecular formula is C22H17N5. The van der Waals surface area contributed by atoms with Gasteiger partial charge in [0.2, 0.25) is 0 Å². The Labute approximate surface area is 156 Å². The zero-order valence-corrected chi connectivity index (χ0v) is 15.1. The van der Waals surface area contributed by atoms with Crippen molar-refractivity contribution in [1.82, 2.24) is 24.9 Å². The highest BCUT2D eigenvalue weighted by Crippen LogP contribution is 2.33. The first-order valence-electron chi connectivity index (χ1n) is 8.80. The highest BCUT2D eigenvalue weighted by atomic mass is 14.8. The van der Waals surface area contributed by atoms with E-state index in [-0.39, 0.29) is 0 Å². The van der Waals surface area contributed by atoms with Gasteiger partial charge in [0.15, 0.2) is 0 Å². The Morgan fingerprint density at radius 3 is 2.70 bits per heavy atom.